The van der Waals surface area contributed by atoms with Gasteiger partial charge in [-0.3, -0.25) is 0 Å². The molecule has 0 aliphatic heterocycles. The summed E-state index contributed by atoms with van der Waals surface area (Å²) in [4.78, 5) is 0.401. The van der Waals surface area contributed by atoms with Crippen LogP contribution < -0.4 is 0 Å². The lowest BCUT2D eigenvalue weighted by molar-refractivity contribution is -0.138. The molecule has 0 fully saturated rings. The van der Waals surface area contributed by atoms with E-state index in [2.05, 4.69) is 386 Å². The second kappa shape index (κ2) is 55.4. The van der Waals surface area contributed by atoms with Gasteiger partial charge in [0.15, 0.2) is 33.1 Å². The van der Waals surface area contributed by atoms with Crippen LogP contribution in [0.25, 0.3) is 0 Å². The Labute approximate surface area is 931 Å². The minimum Gasteiger partial charge on any atom is -0.224 e. The van der Waals surface area contributed by atoms with Gasteiger partial charge < -0.3 is 0 Å². The molecule has 0 N–H and O–H groups in total. The van der Waals surface area contributed by atoms with E-state index in [1.54, 1.807) is 58.9 Å². The average molecular weight is 2330 g/mol. The van der Waals surface area contributed by atoms with Crippen LogP contribution in [0.4, 0.5) is 43.9 Å². The quantitative estimate of drug-likeness (QED) is 0.0932. The summed E-state index contributed by atoms with van der Waals surface area (Å²) in [6.07, 6.45) is -7.36. The van der Waals surface area contributed by atoms with Gasteiger partial charge in [-0.15, -0.1) is 0 Å². The molecule has 0 heterocycles. The van der Waals surface area contributed by atoms with Crippen LogP contribution in [0.2, 0.25) is 15.1 Å². The number of halogens is 16. The molecule has 11 rings (SSSR count). The van der Waals surface area contributed by atoms with Gasteiger partial charge in [-0.1, -0.05) is 443 Å². The lowest BCUT2D eigenvalue weighted by Gasteiger charge is -2.24. The maximum Gasteiger partial charge on any atom is 0.416 e. The minimum atomic E-state index is -4.34. The number of benzene rings is 11. The molecular weight excluding hydrogens is 2150 g/mol. The monoisotopic (exact) mass is 2320 g/mol. The molecule has 0 bridgehead atoms. The number of aryl methyl sites for hydroxylation is 14. The smallest absolute Gasteiger partial charge is 0.224 e. The Morgan fingerprint density at radius 1 is 0.243 bits per heavy atom. The molecule has 0 unspecified atom stereocenters. The van der Waals surface area contributed by atoms with Crippen LogP contribution in [0, 0.1) is 127 Å². The number of sulfone groups is 1. The zero-order chi connectivity index (χ0) is 116. The van der Waals surface area contributed by atoms with E-state index in [1.165, 1.54) is 129 Å². The van der Waals surface area contributed by atoms with Gasteiger partial charge in [0.05, 0.1) is 16.0 Å². The largest absolute Gasteiger partial charge is 0.416 e. The summed E-state index contributed by atoms with van der Waals surface area (Å²) in [7, 11) is -3.10. The van der Waals surface area contributed by atoms with Crippen molar-refractivity contribution in [2.45, 2.75) is 417 Å². The molecule has 0 aromatic heterocycles. The highest BCUT2D eigenvalue weighted by molar-refractivity contribution is 9.11. The Kier molecular flexibility index (Phi) is 52.7. The van der Waals surface area contributed by atoms with Gasteiger partial charge >= 0.3 is 12.4 Å². The summed E-state index contributed by atoms with van der Waals surface area (Å²) in [6.45, 7) is 99.8. The number of hydrogen-bond acceptors (Lipinski definition) is 2. The topological polar surface area (TPSA) is 34.1 Å². The molecule has 11 aromatic carbocycles. The highest BCUT2D eigenvalue weighted by atomic mass is 79.9. The molecule has 824 valence electrons. The zero-order valence-electron chi connectivity index (χ0n) is 97.9. The molecule has 2 nitrogen and oxygen atoms in total. The standard InChI is InChI=1S/C12H14ClF3.C12H15F3.C12H18O2S.4C12H18.C11H14Br2.C11H15Br.C11H14Cl2.C11H12F4.CH4/c1-7-5-8(12(14,15)16)6-9(13)10(7)11(2,3)4;1-8-5-9(11(2,3)4)7-10(6-8)12(13,14)15;1-9-6-7-10(15(5,13)14)8-11(9)12(2,3)4;3*1-9-6-7-10(2)11(8-9)12(3,4)5;1-9-7-6-8-10(2)11(9)12(3,4)5;1-7-5-8(12)6-9(13)10(7)11(2,3)4;1-8-5-6-10(12)9(7-8)11(2,3)4;1-7-5-8(12)6-9(13)10(7)11(2,3)4;1-5-6(11(2,3)4)8(13)10(15)9(14)7(5)12;/h5-6H,1-4H3;5-7H,1-4H3;6-8H,1-5H3;4*6-8H,1-5H3;5-6H,1-4H3;5-7H,1-4H3;5-6H,1-4H3;1-4H3;1H4. The maximum absolute atomic E-state index is 13.4. The first-order chi connectivity index (χ1) is 65.6. The SMILES string of the molecule is C.Cc1c(F)c(F)c(F)c(F)c1C(C)(C)C.Cc1cc(Br)cc(Br)c1C(C)(C)C.Cc1cc(C(C)(C)C)cc(C(F)(F)F)c1.Cc1cc(C(F)(F)F)cc(Cl)c1C(C)(C)C.Cc1cc(Cl)cc(Cl)c1C(C)(C)C.Cc1ccc(Br)c(C(C)(C)C)c1.Cc1ccc(C)c(C(C)(C)C)c1.Cc1ccc(C)c(C(C)(C)C)c1.Cc1ccc(C)c(C(C)(C)C)c1.Cc1ccc(S(C)(=O)=O)cc1C(C)(C)C.Cc1cccc(C)c1C(C)(C)C. The van der Waals surface area contributed by atoms with Crippen molar-refractivity contribution in [3.8, 4) is 0 Å². The highest BCUT2D eigenvalue weighted by Crippen LogP contribution is 2.43. The lowest BCUT2D eigenvalue weighted by Crippen LogP contribution is -2.19. The summed E-state index contributed by atoms with van der Waals surface area (Å²) < 4.78 is 154. The molecule has 11 aromatic rings. The molecule has 0 amide bonds. The molecule has 19 heteroatoms. The van der Waals surface area contributed by atoms with E-state index >= 15 is 0 Å². The normalized spacial score (nSPS) is 12.1. The lowest BCUT2D eigenvalue weighted by atomic mass is 9.81. The van der Waals surface area contributed by atoms with E-state index in [1.807, 2.05) is 67.5 Å². The van der Waals surface area contributed by atoms with Gasteiger partial charge in [0, 0.05) is 40.3 Å². The molecule has 0 atom stereocenters. The Morgan fingerprint density at radius 2 is 0.541 bits per heavy atom. The second-order valence-electron chi connectivity index (χ2n) is 50.4. The van der Waals surface area contributed by atoms with Gasteiger partial charge in [-0.05, 0) is 341 Å². The highest BCUT2D eigenvalue weighted by Gasteiger charge is 2.36. The van der Waals surface area contributed by atoms with E-state index in [9.17, 15) is 52.3 Å². The molecule has 0 aliphatic carbocycles. The van der Waals surface area contributed by atoms with Crippen LogP contribution in [-0.4, -0.2) is 14.7 Å². The molecule has 148 heavy (non-hydrogen) atoms. The van der Waals surface area contributed by atoms with Gasteiger partial charge in [-0.2, -0.15) is 26.3 Å². The van der Waals surface area contributed by atoms with Crippen molar-refractivity contribution in [2.75, 3.05) is 6.26 Å². The number of alkyl halides is 6. The van der Waals surface area contributed by atoms with Crippen LogP contribution in [0.1, 0.15) is 392 Å². The Bertz CT molecular complexity index is 5870. The van der Waals surface area contributed by atoms with Crippen molar-refractivity contribution in [3.05, 3.63) is 371 Å². The molecule has 0 saturated heterocycles. The number of hydrogen-bond donors (Lipinski definition) is 0. The second-order valence-corrected chi connectivity index (χ2v) is 56.2. The summed E-state index contributed by atoms with van der Waals surface area (Å²) in [5.74, 6) is -6.13. The fraction of sp³-hybridized carbons (Fsp3) is 0.488. The van der Waals surface area contributed by atoms with E-state index in [0.717, 1.165) is 49.4 Å². The molecule has 0 aliphatic rings. The van der Waals surface area contributed by atoms with Crippen LogP contribution >= 0.6 is 82.6 Å². The van der Waals surface area contributed by atoms with Gasteiger partial charge in [0.1, 0.15) is 0 Å². The van der Waals surface area contributed by atoms with Crippen molar-refractivity contribution in [3.63, 3.8) is 0 Å². The Hall–Kier alpha value is -7.02. The molecule has 0 radical (unpaired) electrons. The van der Waals surface area contributed by atoms with Crippen LogP contribution in [0.15, 0.2) is 182 Å². The summed E-state index contributed by atoms with van der Waals surface area (Å²) >= 11 is 28.6. The summed E-state index contributed by atoms with van der Waals surface area (Å²) in [5.41, 5.74) is 28.3. The average Bonchev–Trinajstić information content (AvgIpc) is 0.764. The van der Waals surface area contributed by atoms with Crippen molar-refractivity contribution in [1.29, 1.82) is 0 Å². The molecule has 0 spiro atoms. The first-order valence-corrected chi connectivity index (χ1v) is 55.3. The van der Waals surface area contributed by atoms with Crippen molar-refractivity contribution >= 4 is 92.4 Å². The summed E-state index contributed by atoms with van der Waals surface area (Å²) in [5, 5.41) is 1.65. The third-order valence-corrected chi connectivity index (χ3v) is 27.8. The fourth-order valence-electron chi connectivity index (χ4n) is 17.7. The van der Waals surface area contributed by atoms with Gasteiger partial charge in [0.25, 0.3) is 0 Å². The van der Waals surface area contributed by atoms with Gasteiger partial charge in [-0.25, -0.2) is 26.0 Å². The van der Waals surface area contributed by atoms with Crippen molar-refractivity contribution in [1.82, 2.24) is 0 Å². The third-order valence-electron chi connectivity index (χ3n) is 24.1. The van der Waals surface area contributed by atoms with Crippen molar-refractivity contribution in [2.24, 2.45) is 0 Å². The first kappa shape index (κ1) is 141. The summed E-state index contributed by atoms with van der Waals surface area (Å²) in [6, 6.07) is 52.7. The van der Waals surface area contributed by atoms with E-state index in [-0.39, 0.29) is 77.7 Å². The maximum atomic E-state index is 13.4. The van der Waals surface area contributed by atoms with E-state index < -0.39 is 62.0 Å². The number of rotatable bonds is 1. The third kappa shape index (κ3) is 45.9. The van der Waals surface area contributed by atoms with Crippen LogP contribution in [0.3, 0.4) is 0 Å². The first-order valence-electron chi connectivity index (χ1n) is 49.8. The van der Waals surface area contributed by atoms with E-state index in [4.69, 9.17) is 34.8 Å². The zero-order valence-corrected chi connectivity index (χ0v) is 106. The van der Waals surface area contributed by atoms with Crippen molar-refractivity contribution < 1.29 is 52.3 Å². The van der Waals surface area contributed by atoms with Crippen LogP contribution in [-0.2, 0) is 81.8 Å². The predicted molar refractivity (Wildman–Crippen MR) is 635 cm³/mol. The molecule has 0 saturated carbocycles. The Balaban J connectivity index is 0.00000161. The Morgan fingerprint density at radius 3 is 0.831 bits per heavy atom. The minimum absolute atomic E-state index is 0. The van der Waals surface area contributed by atoms with Gasteiger partial charge in [0.2, 0.25) is 0 Å². The van der Waals surface area contributed by atoms with E-state index in [0.29, 0.717) is 21.0 Å². The van der Waals surface area contributed by atoms with Crippen LogP contribution in [0.5, 0.6) is 0 Å². The fourth-order valence-corrected chi connectivity index (χ4v) is 22.6. The molecular formula is C129H178Br3Cl3F10O2S. The predicted octanol–water partition coefficient (Wildman–Crippen LogP) is 44.3.